The Bertz CT molecular complexity index is 956. The molecule has 1 aromatic carbocycles. The third kappa shape index (κ3) is 3.67. The molecule has 0 radical (unpaired) electrons. The average Bonchev–Trinajstić information content (AvgIpc) is 3.15. The highest BCUT2D eigenvalue weighted by Crippen LogP contribution is 2.23. The van der Waals surface area contributed by atoms with Gasteiger partial charge in [0.05, 0.1) is 5.56 Å². The topological polar surface area (TPSA) is 88.1 Å². The number of hydrogen-bond donors (Lipinski definition) is 1. The molecule has 2 amide bonds. The van der Waals surface area contributed by atoms with E-state index >= 15 is 0 Å². The standard InChI is InChI=1S/C20H17N5O2/c26-18-5-3-11-25(18)16-8-6-15(7-9-16)24-20(27)14-12-22-19(23-13-14)17-4-1-2-10-21-17/h1-2,4,6-10,12-13H,3,5,11H2,(H,24,27). The third-order valence-corrected chi connectivity index (χ3v) is 4.32. The van der Waals surface area contributed by atoms with Gasteiger partial charge in [0, 0.05) is 42.9 Å². The van der Waals surface area contributed by atoms with Crippen LogP contribution >= 0.6 is 0 Å². The van der Waals surface area contributed by atoms with Crippen LogP contribution < -0.4 is 10.2 Å². The molecule has 134 valence electrons. The Hall–Kier alpha value is -3.61. The van der Waals surface area contributed by atoms with Crippen LogP contribution in [-0.2, 0) is 4.79 Å². The first-order valence-corrected chi connectivity index (χ1v) is 8.66. The molecule has 3 aromatic rings. The number of pyridine rings is 1. The maximum Gasteiger partial charge on any atom is 0.258 e. The van der Waals surface area contributed by atoms with Gasteiger partial charge in [0.2, 0.25) is 5.91 Å². The molecular formula is C20H17N5O2. The molecule has 3 heterocycles. The first-order chi connectivity index (χ1) is 13.2. The van der Waals surface area contributed by atoms with Crippen molar-refractivity contribution >= 4 is 23.2 Å². The fraction of sp³-hybridized carbons (Fsp3) is 0.150. The van der Waals surface area contributed by atoms with Gasteiger partial charge in [-0.25, -0.2) is 9.97 Å². The SMILES string of the molecule is O=C(Nc1ccc(N2CCCC2=O)cc1)c1cnc(-c2ccccn2)nc1. The summed E-state index contributed by atoms with van der Waals surface area (Å²) < 4.78 is 0. The van der Waals surface area contributed by atoms with E-state index in [-0.39, 0.29) is 11.8 Å². The Kier molecular flexibility index (Phi) is 4.57. The highest BCUT2D eigenvalue weighted by molar-refractivity contribution is 6.04. The molecule has 0 unspecified atom stereocenters. The van der Waals surface area contributed by atoms with Crippen molar-refractivity contribution in [2.45, 2.75) is 12.8 Å². The Balaban J connectivity index is 1.43. The van der Waals surface area contributed by atoms with Crippen LogP contribution in [0.2, 0.25) is 0 Å². The minimum Gasteiger partial charge on any atom is -0.322 e. The highest BCUT2D eigenvalue weighted by Gasteiger charge is 2.21. The predicted octanol–water partition coefficient (Wildman–Crippen LogP) is 2.92. The van der Waals surface area contributed by atoms with E-state index in [1.165, 1.54) is 12.4 Å². The van der Waals surface area contributed by atoms with Gasteiger partial charge in [-0.05, 0) is 42.8 Å². The summed E-state index contributed by atoms with van der Waals surface area (Å²) in [5.41, 5.74) is 2.49. The fourth-order valence-electron chi connectivity index (χ4n) is 2.92. The van der Waals surface area contributed by atoms with Gasteiger partial charge in [0.25, 0.3) is 5.91 Å². The molecule has 1 N–H and O–H groups in total. The van der Waals surface area contributed by atoms with Crippen LogP contribution in [0.3, 0.4) is 0 Å². The minimum absolute atomic E-state index is 0.136. The van der Waals surface area contributed by atoms with E-state index in [0.29, 0.717) is 29.2 Å². The van der Waals surface area contributed by atoms with Crippen molar-refractivity contribution in [2.75, 3.05) is 16.8 Å². The van der Waals surface area contributed by atoms with E-state index in [1.807, 2.05) is 30.3 Å². The molecule has 1 saturated heterocycles. The number of aromatic nitrogens is 3. The van der Waals surface area contributed by atoms with E-state index in [1.54, 1.807) is 23.2 Å². The van der Waals surface area contributed by atoms with Crippen LogP contribution in [-0.4, -0.2) is 33.3 Å². The molecule has 1 aliphatic rings. The summed E-state index contributed by atoms with van der Waals surface area (Å²) in [6, 6.07) is 12.7. The number of carbonyl (C=O) groups excluding carboxylic acids is 2. The predicted molar refractivity (Wildman–Crippen MR) is 101 cm³/mol. The maximum atomic E-state index is 12.4. The second kappa shape index (κ2) is 7.33. The van der Waals surface area contributed by atoms with Crippen LogP contribution in [0.15, 0.2) is 61.1 Å². The van der Waals surface area contributed by atoms with E-state index in [0.717, 1.165) is 18.7 Å². The molecule has 0 bridgehead atoms. The Morgan fingerprint density at radius 2 is 1.78 bits per heavy atom. The average molecular weight is 359 g/mol. The molecule has 27 heavy (non-hydrogen) atoms. The van der Waals surface area contributed by atoms with Gasteiger partial charge in [-0.3, -0.25) is 14.6 Å². The monoisotopic (exact) mass is 359 g/mol. The zero-order valence-corrected chi connectivity index (χ0v) is 14.5. The quantitative estimate of drug-likeness (QED) is 0.774. The fourth-order valence-corrected chi connectivity index (χ4v) is 2.92. The number of nitrogens with one attached hydrogen (secondary N) is 1. The van der Waals surface area contributed by atoms with E-state index < -0.39 is 0 Å². The minimum atomic E-state index is -0.299. The van der Waals surface area contributed by atoms with Crippen molar-refractivity contribution in [1.82, 2.24) is 15.0 Å². The molecule has 0 atom stereocenters. The molecule has 2 aromatic heterocycles. The lowest BCUT2D eigenvalue weighted by molar-refractivity contribution is -0.117. The summed E-state index contributed by atoms with van der Waals surface area (Å²) in [5.74, 6) is 0.302. The lowest BCUT2D eigenvalue weighted by atomic mass is 10.2. The smallest absolute Gasteiger partial charge is 0.258 e. The number of benzene rings is 1. The molecular weight excluding hydrogens is 342 g/mol. The second-order valence-corrected chi connectivity index (χ2v) is 6.16. The summed E-state index contributed by atoms with van der Waals surface area (Å²) in [6.07, 6.45) is 6.09. The van der Waals surface area contributed by atoms with E-state index in [2.05, 4.69) is 20.3 Å². The Morgan fingerprint density at radius 1 is 1.00 bits per heavy atom. The van der Waals surface area contributed by atoms with Crippen molar-refractivity contribution < 1.29 is 9.59 Å². The van der Waals surface area contributed by atoms with E-state index in [9.17, 15) is 9.59 Å². The molecule has 1 aliphatic heterocycles. The van der Waals surface area contributed by atoms with Gasteiger partial charge < -0.3 is 10.2 Å². The number of nitrogens with zero attached hydrogens (tertiary/aromatic N) is 4. The van der Waals surface area contributed by atoms with Crippen molar-refractivity contribution in [2.24, 2.45) is 0 Å². The molecule has 1 fully saturated rings. The molecule has 0 aliphatic carbocycles. The lowest BCUT2D eigenvalue weighted by Crippen LogP contribution is -2.23. The van der Waals surface area contributed by atoms with Crippen LogP contribution in [0, 0.1) is 0 Å². The second-order valence-electron chi connectivity index (χ2n) is 6.16. The van der Waals surface area contributed by atoms with Gasteiger partial charge in [-0.1, -0.05) is 6.07 Å². The molecule has 0 spiro atoms. The van der Waals surface area contributed by atoms with Crippen molar-refractivity contribution in [3.8, 4) is 11.5 Å². The van der Waals surface area contributed by atoms with Crippen LogP contribution in [0.1, 0.15) is 23.2 Å². The highest BCUT2D eigenvalue weighted by atomic mass is 16.2. The van der Waals surface area contributed by atoms with Gasteiger partial charge >= 0.3 is 0 Å². The largest absolute Gasteiger partial charge is 0.322 e. The van der Waals surface area contributed by atoms with E-state index in [4.69, 9.17) is 0 Å². The summed E-state index contributed by atoms with van der Waals surface area (Å²) in [5, 5.41) is 2.81. The van der Waals surface area contributed by atoms with Crippen LogP contribution in [0.25, 0.3) is 11.5 Å². The number of anilines is 2. The van der Waals surface area contributed by atoms with Gasteiger partial charge in [0.15, 0.2) is 5.82 Å². The zero-order chi connectivity index (χ0) is 18.6. The normalized spacial score (nSPS) is 13.6. The number of amides is 2. The Labute approximate surface area is 156 Å². The number of rotatable bonds is 4. The molecule has 7 nitrogen and oxygen atoms in total. The first-order valence-electron chi connectivity index (χ1n) is 8.66. The maximum absolute atomic E-state index is 12.4. The van der Waals surface area contributed by atoms with Crippen LogP contribution in [0.4, 0.5) is 11.4 Å². The lowest BCUT2D eigenvalue weighted by Gasteiger charge is -2.16. The molecule has 4 rings (SSSR count). The van der Waals surface area contributed by atoms with Crippen LogP contribution in [0.5, 0.6) is 0 Å². The van der Waals surface area contributed by atoms with Gasteiger partial charge in [-0.2, -0.15) is 0 Å². The Morgan fingerprint density at radius 3 is 2.41 bits per heavy atom. The zero-order valence-electron chi connectivity index (χ0n) is 14.5. The number of hydrogen-bond acceptors (Lipinski definition) is 5. The molecule has 7 heteroatoms. The van der Waals surface area contributed by atoms with Gasteiger partial charge in [0.1, 0.15) is 5.69 Å². The van der Waals surface area contributed by atoms with Crippen molar-refractivity contribution in [3.63, 3.8) is 0 Å². The molecule has 0 saturated carbocycles. The van der Waals surface area contributed by atoms with Gasteiger partial charge in [-0.15, -0.1) is 0 Å². The summed E-state index contributed by atoms with van der Waals surface area (Å²) in [7, 11) is 0. The summed E-state index contributed by atoms with van der Waals surface area (Å²) in [6.45, 7) is 0.741. The summed E-state index contributed by atoms with van der Waals surface area (Å²) in [4.78, 5) is 38.5. The van der Waals surface area contributed by atoms with Crippen molar-refractivity contribution in [3.05, 3.63) is 66.6 Å². The summed E-state index contributed by atoms with van der Waals surface area (Å²) >= 11 is 0. The first kappa shape index (κ1) is 16.8. The number of carbonyl (C=O) groups is 2. The third-order valence-electron chi connectivity index (χ3n) is 4.32. The van der Waals surface area contributed by atoms with Crippen molar-refractivity contribution in [1.29, 1.82) is 0 Å².